The normalized spacial score (nSPS) is 12.2. The van der Waals surface area contributed by atoms with Crippen LogP contribution < -0.4 is 14.2 Å². The van der Waals surface area contributed by atoms with Crippen molar-refractivity contribution in [3.63, 3.8) is 0 Å². The number of rotatable bonds is 4. The van der Waals surface area contributed by atoms with Crippen LogP contribution in [0.1, 0.15) is 5.56 Å². The highest BCUT2D eigenvalue weighted by Gasteiger charge is 2.24. The number of hydrogen-bond acceptors (Lipinski definition) is 5. The summed E-state index contributed by atoms with van der Waals surface area (Å²) in [4.78, 5) is 10.6. The summed E-state index contributed by atoms with van der Waals surface area (Å²) in [6, 6.07) is 12.2. The zero-order valence-electron chi connectivity index (χ0n) is 10.4. The van der Waals surface area contributed by atoms with Crippen LogP contribution in [0.2, 0.25) is 0 Å². The van der Waals surface area contributed by atoms with Gasteiger partial charge in [-0.15, -0.1) is 0 Å². The zero-order valence-corrected chi connectivity index (χ0v) is 10.4. The van der Waals surface area contributed by atoms with E-state index in [0.29, 0.717) is 11.5 Å². The molecule has 0 radical (unpaired) electrons. The van der Waals surface area contributed by atoms with Crippen LogP contribution in [0.5, 0.6) is 17.2 Å². The molecule has 0 aliphatic carbocycles. The molecule has 0 N–H and O–H groups in total. The van der Waals surface area contributed by atoms with Gasteiger partial charge < -0.3 is 14.2 Å². The van der Waals surface area contributed by atoms with Crippen molar-refractivity contribution in [3.8, 4) is 17.2 Å². The molecule has 0 spiro atoms. The third-order valence-corrected chi connectivity index (χ3v) is 2.89. The largest absolute Gasteiger partial charge is 0.482 e. The molecule has 0 aromatic heterocycles. The maximum Gasteiger partial charge on any atom is 0.314 e. The lowest BCUT2D eigenvalue weighted by molar-refractivity contribution is -0.386. The fourth-order valence-corrected chi connectivity index (χ4v) is 1.91. The van der Waals surface area contributed by atoms with Crippen LogP contribution >= 0.6 is 0 Å². The minimum Gasteiger partial charge on any atom is -0.482 e. The van der Waals surface area contributed by atoms with Crippen molar-refractivity contribution in [1.29, 1.82) is 0 Å². The highest BCUT2D eigenvalue weighted by atomic mass is 16.7. The molecular weight excluding hydrogens is 262 g/mol. The third-order valence-electron chi connectivity index (χ3n) is 2.89. The first-order chi connectivity index (χ1) is 9.74. The maximum atomic E-state index is 11.1. The molecular formula is C14H11NO5. The summed E-state index contributed by atoms with van der Waals surface area (Å²) >= 11 is 0. The van der Waals surface area contributed by atoms with Crippen molar-refractivity contribution in [2.24, 2.45) is 0 Å². The Morgan fingerprint density at radius 2 is 1.85 bits per heavy atom. The lowest BCUT2D eigenvalue weighted by Crippen LogP contribution is -1.99. The fraction of sp³-hybridized carbons (Fsp3) is 0.143. The Morgan fingerprint density at radius 3 is 2.55 bits per heavy atom. The van der Waals surface area contributed by atoms with E-state index in [9.17, 15) is 10.1 Å². The van der Waals surface area contributed by atoms with Gasteiger partial charge in [0.05, 0.1) is 11.0 Å². The van der Waals surface area contributed by atoms with E-state index in [2.05, 4.69) is 0 Å². The summed E-state index contributed by atoms with van der Waals surface area (Å²) in [5.41, 5.74) is 0.796. The van der Waals surface area contributed by atoms with Crippen LogP contribution in [0.4, 0.5) is 5.69 Å². The lowest BCUT2D eigenvalue weighted by Gasteiger charge is -2.07. The van der Waals surface area contributed by atoms with E-state index in [-0.39, 0.29) is 24.8 Å². The van der Waals surface area contributed by atoms with E-state index in [4.69, 9.17) is 14.2 Å². The Labute approximate surface area is 114 Å². The molecule has 3 rings (SSSR count). The maximum absolute atomic E-state index is 11.1. The van der Waals surface area contributed by atoms with Gasteiger partial charge in [0.15, 0.2) is 11.5 Å². The average molecular weight is 273 g/mol. The molecule has 0 bridgehead atoms. The molecule has 1 heterocycles. The van der Waals surface area contributed by atoms with Crippen LogP contribution in [0.25, 0.3) is 0 Å². The van der Waals surface area contributed by atoms with Gasteiger partial charge in [-0.2, -0.15) is 0 Å². The molecule has 0 atom stereocenters. The van der Waals surface area contributed by atoms with Gasteiger partial charge in [0.25, 0.3) is 0 Å². The predicted molar refractivity (Wildman–Crippen MR) is 70.0 cm³/mol. The van der Waals surface area contributed by atoms with Crippen LogP contribution in [0.3, 0.4) is 0 Å². The topological polar surface area (TPSA) is 70.8 Å². The lowest BCUT2D eigenvalue weighted by atomic mass is 10.2. The SMILES string of the molecule is O=[N+]([O-])c1cc2c(cc1OCc1ccccc1)OCO2. The summed E-state index contributed by atoms with van der Waals surface area (Å²) in [7, 11) is 0. The van der Waals surface area contributed by atoms with Crippen molar-refractivity contribution >= 4 is 5.69 Å². The second kappa shape index (κ2) is 5.08. The Morgan fingerprint density at radius 1 is 1.15 bits per heavy atom. The summed E-state index contributed by atoms with van der Waals surface area (Å²) in [6.07, 6.45) is 0. The fourth-order valence-electron chi connectivity index (χ4n) is 1.91. The van der Waals surface area contributed by atoms with Crippen molar-refractivity contribution in [3.05, 3.63) is 58.1 Å². The molecule has 102 valence electrons. The van der Waals surface area contributed by atoms with E-state index < -0.39 is 4.92 Å². The van der Waals surface area contributed by atoms with Crippen molar-refractivity contribution in [1.82, 2.24) is 0 Å². The van der Waals surface area contributed by atoms with Crippen molar-refractivity contribution in [2.75, 3.05) is 6.79 Å². The molecule has 0 saturated carbocycles. The van der Waals surface area contributed by atoms with Crippen LogP contribution in [0, 0.1) is 10.1 Å². The summed E-state index contributed by atoms with van der Waals surface area (Å²) in [5, 5.41) is 11.1. The standard InChI is InChI=1S/C14H11NO5/c16-15(17)11-6-13-14(20-9-19-13)7-12(11)18-8-10-4-2-1-3-5-10/h1-7H,8-9H2. The number of nitro benzene ring substituents is 1. The second-order valence-electron chi connectivity index (χ2n) is 4.20. The van der Waals surface area contributed by atoms with Gasteiger partial charge in [0, 0.05) is 6.07 Å². The number of fused-ring (bicyclic) bond motifs is 1. The second-order valence-corrected chi connectivity index (χ2v) is 4.20. The number of hydrogen-bond donors (Lipinski definition) is 0. The third kappa shape index (κ3) is 2.35. The first-order valence-electron chi connectivity index (χ1n) is 5.99. The molecule has 1 aliphatic heterocycles. The molecule has 20 heavy (non-hydrogen) atoms. The van der Waals surface area contributed by atoms with Crippen LogP contribution in [0.15, 0.2) is 42.5 Å². The Kier molecular flexibility index (Phi) is 3.12. The predicted octanol–water partition coefficient (Wildman–Crippen LogP) is 2.90. The number of nitrogens with zero attached hydrogens (tertiary/aromatic N) is 1. The molecule has 1 aliphatic rings. The minimum atomic E-state index is -0.498. The zero-order chi connectivity index (χ0) is 13.9. The van der Waals surface area contributed by atoms with Gasteiger partial charge in [-0.3, -0.25) is 10.1 Å². The molecule has 6 heteroatoms. The molecule has 0 saturated heterocycles. The van der Waals surface area contributed by atoms with E-state index in [1.165, 1.54) is 12.1 Å². The molecule has 2 aromatic rings. The molecule has 0 amide bonds. The Hall–Kier alpha value is -2.76. The van der Waals surface area contributed by atoms with Crippen LogP contribution in [-0.4, -0.2) is 11.7 Å². The van der Waals surface area contributed by atoms with E-state index in [1.807, 2.05) is 30.3 Å². The van der Waals surface area contributed by atoms with Crippen molar-refractivity contribution < 1.29 is 19.1 Å². The first kappa shape index (κ1) is 12.3. The van der Waals surface area contributed by atoms with Gasteiger partial charge in [-0.05, 0) is 5.56 Å². The van der Waals surface area contributed by atoms with E-state index >= 15 is 0 Å². The first-order valence-corrected chi connectivity index (χ1v) is 5.99. The molecule has 0 fully saturated rings. The van der Waals surface area contributed by atoms with Gasteiger partial charge in [-0.25, -0.2) is 0 Å². The molecule has 6 nitrogen and oxygen atoms in total. The van der Waals surface area contributed by atoms with Crippen molar-refractivity contribution in [2.45, 2.75) is 6.61 Å². The Balaban J connectivity index is 1.86. The molecule has 2 aromatic carbocycles. The number of ether oxygens (including phenoxy) is 3. The van der Waals surface area contributed by atoms with E-state index in [1.54, 1.807) is 0 Å². The van der Waals surface area contributed by atoms with Gasteiger partial charge in [-0.1, -0.05) is 30.3 Å². The van der Waals surface area contributed by atoms with E-state index in [0.717, 1.165) is 5.56 Å². The van der Waals surface area contributed by atoms with Gasteiger partial charge in [0.1, 0.15) is 6.61 Å². The molecule has 0 unspecified atom stereocenters. The number of nitro groups is 1. The smallest absolute Gasteiger partial charge is 0.314 e. The number of benzene rings is 2. The average Bonchev–Trinajstić information content (AvgIpc) is 2.92. The summed E-state index contributed by atoms with van der Waals surface area (Å²) < 4.78 is 15.9. The minimum absolute atomic E-state index is 0.0641. The monoisotopic (exact) mass is 273 g/mol. The van der Waals surface area contributed by atoms with Crippen LogP contribution in [-0.2, 0) is 6.61 Å². The Bertz CT molecular complexity index is 642. The quantitative estimate of drug-likeness (QED) is 0.632. The van der Waals surface area contributed by atoms with Gasteiger partial charge in [0.2, 0.25) is 12.5 Å². The summed E-state index contributed by atoms with van der Waals surface area (Å²) in [5.74, 6) is 0.991. The van der Waals surface area contributed by atoms with Gasteiger partial charge >= 0.3 is 5.69 Å². The summed E-state index contributed by atoms with van der Waals surface area (Å²) in [6.45, 7) is 0.315. The highest BCUT2D eigenvalue weighted by molar-refractivity contribution is 5.58. The highest BCUT2D eigenvalue weighted by Crippen LogP contribution is 2.41.